The van der Waals surface area contributed by atoms with Gasteiger partial charge in [0.25, 0.3) is 0 Å². The molecule has 1 aliphatic carbocycles. The number of fused-ring (bicyclic) bond motifs is 1. The molecule has 1 aromatic heterocycles. The van der Waals surface area contributed by atoms with Gasteiger partial charge in [-0.2, -0.15) is 0 Å². The number of aromatic carboxylic acids is 1. The number of aromatic nitrogens is 1. The molecule has 1 aromatic carbocycles. The van der Waals surface area contributed by atoms with Gasteiger partial charge in [-0.3, -0.25) is 9.78 Å². The van der Waals surface area contributed by atoms with E-state index in [0.29, 0.717) is 22.3 Å². The summed E-state index contributed by atoms with van der Waals surface area (Å²) >= 11 is 0. The number of benzene rings is 1. The third kappa shape index (κ3) is 4.99. The number of anilines is 1. The number of carboxylic acid groups (broad SMARTS) is 1. The predicted molar refractivity (Wildman–Crippen MR) is 114 cm³/mol. The summed E-state index contributed by atoms with van der Waals surface area (Å²) in [6, 6.07) is 5.51. The summed E-state index contributed by atoms with van der Waals surface area (Å²) in [7, 11) is 0. The normalized spacial score (nSPS) is 19.1. The van der Waals surface area contributed by atoms with Crippen molar-refractivity contribution in [1.82, 2.24) is 10.3 Å². The number of nitrogens with one attached hydrogen (secondary N) is 1. The Hall–Kier alpha value is -2.87. The Bertz CT molecular complexity index is 936. The second kappa shape index (κ2) is 9.30. The number of aryl methyl sites for hydroxylation is 1. The van der Waals surface area contributed by atoms with E-state index in [-0.39, 0.29) is 42.0 Å². The van der Waals surface area contributed by atoms with Crippen LogP contribution in [0.15, 0.2) is 18.2 Å². The van der Waals surface area contributed by atoms with Gasteiger partial charge >= 0.3 is 5.97 Å². The molecule has 8 nitrogen and oxygen atoms in total. The molecule has 2 aromatic rings. The van der Waals surface area contributed by atoms with Crippen LogP contribution in [0.25, 0.3) is 10.9 Å². The number of carbonyl (C=O) groups is 2. The van der Waals surface area contributed by atoms with Gasteiger partial charge < -0.3 is 25.6 Å². The van der Waals surface area contributed by atoms with E-state index < -0.39 is 5.97 Å². The molecule has 1 aliphatic rings. The fourth-order valence-electron chi connectivity index (χ4n) is 3.82. The first-order valence-electron chi connectivity index (χ1n) is 10.3. The lowest BCUT2D eigenvalue weighted by molar-refractivity contribution is -0.128. The van der Waals surface area contributed by atoms with Crippen molar-refractivity contribution in [3.8, 4) is 5.75 Å². The number of nitrogen functional groups attached to an aromatic ring is 1. The van der Waals surface area contributed by atoms with Crippen molar-refractivity contribution >= 4 is 28.5 Å². The Labute approximate surface area is 175 Å². The Balaban J connectivity index is 1.67. The smallest absolute Gasteiger partial charge is 0.339 e. The fraction of sp³-hybridized carbons (Fsp3) is 0.500. The first-order chi connectivity index (χ1) is 14.3. The fourth-order valence-corrected chi connectivity index (χ4v) is 3.82. The summed E-state index contributed by atoms with van der Waals surface area (Å²) in [6.45, 7) is 5.49. The van der Waals surface area contributed by atoms with Crippen molar-refractivity contribution in [3.63, 3.8) is 0 Å². The van der Waals surface area contributed by atoms with Crippen LogP contribution in [0.3, 0.4) is 0 Å². The highest BCUT2D eigenvalue weighted by molar-refractivity contribution is 6.06. The molecule has 4 N–H and O–H groups in total. The van der Waals surface area contributed by atoms with Gasteiger partial charge in [0.1, 0.15) is 17.9 Å². The second-order valence-electron chi connectivity index (χ2n) is 7.96. The maximum atomic E-state index is 12.0. The minimum Gasteiger partial charge on any atom is -0.490 e. The first-order valence-corrected chi connectivity index (χ1v) is 10.3. The Morgan fingerprint density at radius 1 is 1.27 bits per heavy atom. The third-order valence-electron chi connectivity index (χ3n) is 5.29. The largest absolute Gasteiger partial charge is 0.490 e. The molecule has 1 fully saturated rings. The highest BCUT2D eigenvalue weighted by atomic mass is 16.5. The minimum absolute atomic E-state index is 0.00795. The van der Waals surface area contributed by atoms with Crippen LogP contribution in [0.1, 0.15) is 55.6 Å². The molecule has 0 bridgehead atoms. The van der Waals surface area contributed by atoms with Crippen LogP contribution in [-0.2, 0) is 9.53 Å². The lowest BCUT2D eigenvalue weighted by Crippen LogP contribution is -2.41. The van der Waals surface area contributed by atoms with Crippen LogP contribution in [0.4, 0.5) is 5.69 Å². The van der Waals surface area contributed by atoms with Crippen LogP contribution in [0, 0.1) is 6.92 Å². The van der Waals surface area contributed by atoms with Crippen LogP contribution < -0.4 is 15.8 Å². The molecular formula is C22H29N3O5. The van der Waals surface area contributed by atoms with Crippen molar-refractivity contribution in [2.24, 2.45) is 0 Å². The van der Waals surface area contributed by atoms with Gasteiger partial charge in [-0.1, -0.05) is 6.07 Å². The van der Waals surface area contributed by atoms with Crippen molar-refractivity contribution in [2.45, 2.75) is 64.7 Å². The lowest BCUT2D eigenvalue weighted by Gasteiger charge is -2.30. The van der Waals surface area contributed by atoms with Crippen LogP contribution in [-0.4, -0.2) is 46.8 Å². The van der Waals surface area contributed by atoms with Gasteiger partial charge in [-0.25, -0.2) is 4.79 Å². The van der Waals surface area contributed by atoms with Crippen molar-refractivity contribution in [1.29, 1.82) is 0 Å². The molecule has 0 radical (unpaired) electrons. The van der Waals surface area contributed by atoms with Gasteiger partial charge in [-0.15, -0.1) is 0 Å². The van der Waals surface area contributed by atoms with E-state index in [2.05, 4.69) is 10.3 Å². The monoisotopic (exact) mass is 415 g/mol. The highest BCUT2D eigenvalue weighted by Crippen LogP contribution is 2.35. The van der Waals surface area contributed by atoms with Crippen LogP contribution in [0.5, 0.6) is 5.75 Å². The summed E-state index contributed by atoms with van der Waals surface area (Å²) < 4.78 is 11.5. The van der Waals surface area contributed by atoms with Crippen molar-refractivity contribution in [3.05, 3.63) is 29.5 Å². The quantitative estimate of drug-likeness (QED) is 0.635. The number of hydrogen-bond acceptors (Lipinski definition) is 6. The van der Waals surface area contributed by atoms with E-state index in [9.17, 15) is 14.7 Å². The summed E-state index contributed by atoms with van der Waals surface area (Å²) in [5.74, 6) is -0.665. The summed E-state index contributed by atoms with van der Waals surface area (Å²) in [5.41, 5.74) is 7.36. The summed E-state index contributed by atoms with van der Waals surface area (Å²) in [4.78, 5) is 27.9. The number of carboxylic acids is 1. The van der Waals surface area contributed by atoms with Gasteiger partial charge in [-0.05, 0) is 58.6 Å². The van der Waals surface area contributed by atoms with Crippen LogP contribution in [0.2, 0.25) is 0 Å². The molecule has 1 saturated carbocycles. The number of rotatable bonds is 7. The van der Waals surface area contributed by atoms with Crippen molar-refractivity contribution < 1.29 is 24.2 Å². The zero-order valence-electron chi connectivity index (χ0n) is 17.6. The van der Waals surface area contributed by atoms with Crippen molar-refractivity contribution in [2.75, 3.05) is 12.3 Å². The lowest BCUT2D eigenvalue weighted by atomic mass is 9.93. The van der Waals surface area contributed by atoms with E-state index in [1.54, 1.807) is 19.1 Å². The Morgan fingerprint density at radius 3 is 2.60 bits per heavy atom. The standard InChI is InChI=1S/C22H29N3O5/c1-12(2)29-11-18(26)25-14-7-9-15(10-8-14)30-17-6-4-5-16-20(17)21(23)19(22(27)28)13(3)24-16/h4-6,12,14-15H,7-11H2,1-3H3,(H2,23,24)(H,25,26)(H,27,28). The number of ether oxygens (including phenoxy) is 2. The molecule has 30 heavy (non-hydrogen) atoms. The number of hydrogen-bond donors (Lipinski definition) is 3. The molecule has 8 heteroatoms. The molecule has 0 unspecified atom stereocenters. The summed E-state index contributed by atoms with van der Waals surface area (Å²) in [6.07, 6.45) is 3.14. The Kier molecular flexibility index (Phi) is 6.77. The van der Waals surface area contributed by atoms with Gasteiger partial charge in [0, 0.05) is 6.04 Å². The average molecular weight is 415 g/mol. The highest BCUT2D eigenvalue weighted by Gasteiger charge is 2.25. The number of nitrogens with zero attached hydrogens (tertiary/aromatic N) is 1. The topological polar surface area (TPSA) is 124 Å². The van der Waals surface area contributed by atoms with Gasteiger partial charge in [0.05, 0.1) is 34.5 Å². The molecular weight excluding hydrogens is 386 g/mol. The maximum absolute atomic E-state index is 12.0. The maximum Gasteiger partial charge on any atom is 0.339 e. The third-order valence-corrected chi connectivity index (χ3v) is 5.29. The molecule has 0 spiro atoms. The number of amides is 1. The molecule has 3 rings (SSSR count). The Morgan fingerprint density at radius 2 is 1.97 bits per heavy atom. The van der Waals surface area contributed by atoms with E-state index in [0.717, 1.165) is 25.7 Å². The zero-order chi connectivity index (χ0) is 21.8. The molecule has 0 aliphatic heterocycles. The molecule has 0 atom stereocenters. The van der Waals surface area contributed by atoms with Crippen LogP contribution >= 0.6 is 0 Å². The molecule has 1 amide bonds. The SMILES string of the molecule is Cc1nc2cccc(OC3CCC(NC(=O)COC(C)C)CC3)c2c(N)c1C(=O)O. The number of pyridine rings is 1. The van der Waals surface area contributed by atoms with Gasteiger partial charge in [0.2, 0.25) is 5.91 Å². The van der Waals surface area contributed by atoms with E-state index in [1.165, 1.54) is 0 Å². The minimum atomic E-state index is -1.10. The van der Waals surface area contributed by atoms with Gasteiger partial charge in [0.15, 0.2) is 0 Å². The second-order valence-corrected chi connectivity index (χ2v) is 7.96. The average Bonchev–Trinajstić information content (AvgIpc) is 2.67. The van der Waals surface area contributed by atoms with E-state index in [1.807, 2.05) is 19.9 Å². The van der Waals surface area contributed by atoms with E-state index >= 15 is 0 Å². The zero-order valence-corrected chi connectivity index (χ0v) is 17.6. The molecule has 162 valence electrons. The molecule has 0 saturated heterocycles. The first kappa shape index (κ1) is 21.8. The molecule has 1 heterocycles. The van der Waals surface area contributed by atoms with E-state index in [4.69, 9.17) is 15.2 Å². The summed E-state index contributed by atoms with van der Waals surface area (Å²) in [5, 5.41) is 13.0. The number of carbonyl (C=O) groups excluding carboxylic acids is 1. The predicted octanol–water partition coefficient (Wildman–Crippen LogP) is 3.05. The number of nitrogens with two attached hydrogens (primary N) is 1.